The summed E-state index contributed by atoms with van der Waals surface area (Å²) in [5, 5.41) is 0. The fourth-order valence-electron chi connectivity index (χ4n) is 0.562. The topological polar surface area (TPSA) is 11.3 Å². The third-order valence-corrected chi connectivity index (χ3v) is 1.65. The molecule has 0 aliphatic heterocycles. The summed E-state index contributed by atoms with van der Waals surface area (Å²) in [6, 6.07) is 7.56. The molecule has 1 nitrogen and oxygen atoms in total. The van der Waals surface area contributed by atoms with E-state index in [4.69, 9.17) is 4.42 Å². The molecular formula is C7H6BrO+. The normalized spacial score (nSPS) is 9.00. The van der Waals surface area contributed by atoms with Crippen LogP contribution in [0.4, 0.5) is 0 Å². The van der Waals surface area contributed by atoms with Gasteiger partial charge in [-0.25, -0.2) is 4.42 Å². The van der Waals surface area contributed by atoms with Gasteiger partial charge in [0.1, 0.15) is 4.47 Å². The van der Waals surface area contributed by atoms with E-state index in [1.54, 1.807) is 0 Å². The Morgan fingerprint density at radius 1 is 1.33 bits per heavy atom. The molecule has 2 heteroatoms. The van der Waals surface area contributed by atoms with Crippen LogP contribution in [0.5, 0.6) is 5.75 Å². The van der Waals surface area contributed by atoms with Crippen LogP contribution in [-0.4, -0.2) is 6.79 Å². The lowest BCUT2D eigenvalue weighted by atomic mass is 10.3. The van der Waals surface area contributed by atoms with Crippen LogP contribution < -0.4 is 0 Å². The average molecular weight is 186 g/mol. The van der Waals surface area contributed by atoms with Crippen LogP contribution in [0.15, 0.2) is 28.7 Å². The van der Waals surface area contributed by atoms with Gasteiger partial charge in [0.25, 0.3) is 6.79 Å². The smallest absolute Gasteiger partial charge is 0.223 e. The van der Waals surface area contributed by atoms with Gasteiger partial charge in [-0.15, -0.1) is 0 Å². The predicted octanol–water partition coefficient (Wildman–Crippen LogP) is 2.53. The van der Waals surface area contributed by atoms with Gasteiger partial charge >= 0.3 is 5.75 Å². The van der Waals surface area contributed by atoms with E-state index >= 15 is 0 Å². The highest BCUT2D eigenvalue weighted by atomic mass is 79.9. The molecular weight excluding hydrogens is 180 g/mol. The van der Waals surface area contributed by atoms with E-state index in [0.29, 0.717) is 0 Å². The molecule has 0 aromatic heterocycles. The fourth-order valence-corrected chi connectivity index (χ4v) is 0.961. The molecule has 0 amide bonds. The van der Waals surface area contributed by atoms with E-state index in [1.165, 1.54) is 0 Å². The molecule has 0 N–H and O–H groups in total. The minimum absolute atomic E-state index is 0.762. The summed E-state index contributed by atoms with van der Waals surface area (Å²) in [5.41, 5.74) is 0. The van der Waals surface area contributed by atoms with E-state index in [9.17, 15) is 0 Å². The van der Waals surface area contributed by atoms with E-state index in [0.717, 1.165) is 10.2 Å². The monoisotopic (exact) mass is 185 g/mol. The highest BCUT2D eigenvalue weighted by molar-refractivity contribution is 9.10. The number of rotatable bonds is 1. The Kier molecular flexibility index (Phi) is 2.01. The number of benzene rings is 1. The molecule has 0 atom stereocenters. The summed E-state index contributed by atoms with van der Waals surface area (Å²) in [7, 11) is 0. The quantitative estimate of drug-likeness (QED) is 0.597. The standard InChI is InChI=1S/C7H6BrO/c1-9-7-5-3-2-4-6(7)8/h2-5H,1H2/q+1. The first-order chi connectivity index (χ1) is 4.34. The lowest BCUT2D eigenvalue weighted by molar-refractivity contribution is -0.355. The molecule has 1 aromatic rings. The number of para-hydroxylation sites is 1. The summed E-state index contributed by atoms with van der Waals surface area (Å²) < 4.78 is 5.68. The molecule has 0 unspecified atom stereocenters. The molecule has 0 radical (unpaired) electrons. The van der Waals surface area contributed by atoms with Crippen LogP contribution in [-0.2, 0) is 4.42 Å². The minimum Gasteiger partial charge on any atom is -0.223 e. The number of halogens is 1. The highest BCUT2D eigenvalue weighted by Gasteiger charge is 2.02. The van der Waals surface area contributed by atoms with Crippen LogP contribution >= 0.6 is 15.9 Å². The second-order valence-corrected chi connectivity index (χ2v) is 2.43. The SMILES string of the molecule is C=[O+]c1ccccc1Br. The molecule has 0 bridgehead atoms. The Balaban J connectivity index is 3.15. The largest absolute Gasteiger partial charge is 0.365 e. The molecule has 0 aliphatic rings. The van der Waals surface area contributed by atoms with Gasteiger partial charge in [0.2, 0.25) is 0 Å². The van der Waals surface area contributed by atoms with E-state index in [2.05, 4.69) is 22.7 Å². The highest BCUT2D eigenvalue weighted by Crippen LogP contribution is 2.22. The van der Waals surface area contributed by atoms with Crippen molar-refractivity contribution in [3.05, 3.63) is 28.7 Å². The van der Waals surface area contributed by atoms with E-state index < -0.39 is 0 Å². The minimum atomic E-state index is 0.762. The molecule has 0 heterocycles. The van der Waals surface area contributed by atoms with Crippen molar-refractivity contribution in [1.82, 2.24) is 0 Å². The van der Waals surface area contributed by atoms with Gasteiger partial charge in [-0.05, 0) is 22.0 Å². The lowest BCUT2D eigenvalue weighted by Crippen LogP contribution is -1.66. The van der Waals surface area contributed by atoms with Gasteiger partial charge in [-0.2, -0.15) is 0 Å². The molecule has 9 heavy (non-hydrogen) atoms. The number of carbonyl (C=O) groups excluding carboxylic acids is 1. The molecule has 0 aliphatic carbocycles. The number of hydrogen-bond donors (Lipinski definition) is 0. The Hall–Kier alpha value is -0.630. The lowest BCUT2D eigenvalue weighted by Gasteiger charge is -1.82. The second kappa shape index (κ2) is 2.78. The zero-order chi connectivity index (χ0) is 6.69. The summed E-state index contributed by atoms with van der Waals surface area (Å²) in [6.07, 6.45) is 0. The first-order valence-corrected chi connectivity index (χ1v) is 3.30. The Morgan fingerprint density at radius 2 is 2.00 bits per heavy atom. The van der Waals surface area contributed by atoms with Crippen molar-refractivity contribution >= 4 is 22.7 Å². The van der Waals surface area contributed by atoms with Crippen molar-refractivity contribution in [1.29, 1.82) is 0 Å². The van der Waals surface area contributed by atoms with Crippen molar-refractivity contribution < 1.29 is 4.42 Å². The van der Waals surface area contributed by atoms with Crippen molar-refractivity contribution in [2.45, 2.75) is 0 Å². The maximum absolute atomic E-state index is 4.75. The molecule has 1 rings (SSSR count). The van der Waals surface area contributed by atoms with Crippen LogP contribution in [0.25, 0.3) is 0 Å². The van der Waals surface area contributed by atoms with Gasteiger partial charge < -0.3 is 0 Å². The second-order valence-electron chi connectivity index (χ2n) is 1.57. The zero-order valence-corrected chi connectivity index (χ0v) is 6.39. The van der Waals surface area contributed by atoms with Crippen molar-refractivity contribution in [3.63, 3.8) is 0 Å². The van der Waals surface area contributed by atoms with Crippen LogP contribution in [0, 0.1) is 0 Å². The summed E-state index contributed by atoms with van der Waals surface area (Å²) in [4.78, 5) is 0. The van der Waals surface area contributed by atoms with Gasteiger partial charge in [-0.1, -0.05) is 12.1 Å². The summed E-state index contributed by atoms with van der Waals surface area (Å²) >= 11 is 3.29. The molecule has 1 aromatic carbocycles. The predicted molar refractivity (Wildman–Crippen MR) is 40.7 cm³/mol. The van der Waals surface area contributed by atoms with Gasteiger partial charge in [-0.3, -0.25) is 0 Å². The Morgan fingerprint density at radius 3 is 2.44 bits per heavy atom. The molecule has 0 fully saturated rings. The molecule has 46 valence electrons. The summed E-state index contributed by atoms with van der Waals surface area (Å²) in [5.74, 6) is 0.762. The molecule has 0 saturated carbocycles. The van der Waals surface area contributed by atoms with E-state index in [-0.39, 0.29) is 0 Å². The first kappa shape index (κ1) is 6.49. The van der Waals surface area contributed by atoms with Gasteiger partial charge in [0.05, 0.1) is 0 Å². The first-order valence-electron chi connectivity index (χ1n) is 2.51. The maximum atomic E-state index is 4.75. The zero-order valence-electron chi connectivity index (χ0n) is 4.80. The Labute approximate surface area is 62.1 Å². The molecule has 0 saturated heterocycles. The Bertz CT molecular complexity index is 220. The van der Waals surface area contributed by atoms with E-state index in [1.807, 2.05) is 24.3 Å². The third-order valence-electron chi connectivity index (χ3n) is 0.992. The van der Waals surface area contributed by atoms with Crippen LogP contribution in [0.3, 0.4) is 0 Å². The molecule has 0 spiro atoms. The van der Waals surface area contributed by atoms with Crippen LogP contribution in [0.2, 0.25) is 0 Å². The van der Waals surface area contributed by atoms with Crippen molar-refractivity contribution in [3.8, 4) is 5.75 Å². The van der Waals surface area contributed by atoms with Crippen LogP contribution in [0.1, 0.15) is 0 Å². The summed E-state index contributed by atoms with van der Waals surface area (Å²) in [6.45, 7) is 3.29. The van der Waals surface area contributed by atoms with Crippen molar-refractivity contribution in [2.24, 2.45) is 0 Å². The van der Waals surface area contributed by atoms with Crippen molar-refractivity contribution in [2.75, 3.05) is 0 Å². The third kappa shape index (κ3) is 1.39. The number of hydrogen-bond acceptors (Lipinski definition) is 0. The maximum Gasteiger partial charge on any atom is 0.365 e. The average Bonchev–Trinajstić information content (AvgIpc) is 1.89. The van der Waals surface area contributed by atoms with Gasteiger partial charge in [0, 0.05) is 6.07 Å². The fraction of sp³-hybridized carbons (Fsp3) is 0. The van der Waals surface area contributed by atoms with Gasteiger partial charge in [0.15, 0.2) is 0 Å².